The minimum Gasteiger partial charge on any atom is -0.493 e. The first-order chi connectivity index (χ1) is 19.1. The fourth-order valence-corrected chi connectivity index (χ4v) is 6.76. The summed E-state index contributed by atoms with van der Waals surface area (Å²) in [5.74, 6) is 2.14. The van der Waals surface area contributed by atoms with Gasteiger partial charge in [0.25, 0.3) is 0 Å². The van der Waals surface area contributed by atoms with Crippen LogP contribution in [0.25, 0.3) is 22.2 Å². The van der Waals surface area contributed by atoms with Gasteiger partial charge in [0.2, 0.25) is 0 Å². The Morgan fingerprint density at radius 3 is 2.26 bits per heavy atom. The van der Waals surface area contributed by atoms with Crippen LogP contribution in [0.15, 0.2) is 66.7 Å². The van der Waals surface area contributed by atoms with Gasteiger partial charge in [-0.25, -0.2) is 0 Å². The number of aromatic amines is 1. The molecular weight excluding hydrogens is 482 g/mol. The Morgan fingerprint density at radius 1 is 0.795 bits per heavy atom. The van der Waals surface area contributed by atoms with E-state index in [1.165, 1.54) is 79.5 Å². The molecule has 0 amide bonds. The molecule has 0 aliphatic carbocycles. The number of nitrogens with one attached hydrogen (secondary N) is 1. The highest BCUT2D eigenvalue weighted by atomic mass is 16.5. The van der Waals surface area contributed by atoms with Crippen molar-refractivity contribution in [3.8, 4) is 22.8 Å². The highest BCUT2D eigenvalue weighted by Gasteiger charge is 2.29. The van der Waals surface area contributed by atoms with Crippen LogP contribution in [0.1, 0.15) is 48.3 Å². The number of ether oxygens (including phenoxy) is 2. The Morgan fingerprint density at radius 2 is 1.54 bits per heavy atom. The van der Waals surface area contributed by atoms with Gasteiger partial charge in [-0.2, -0.15) is 0 Å². The van der Waals surface area contributed by atoms with Crippen molar-refractivity contribution in [2.24, 2.45) is 0 Å². The maximum Gasteiger partial charge on any atom is 0.161 e. The summed E-state index contributed by atoms with van der Waals surface area (Å²) in [4.78, 5) is 9.07. The van der Waals surface area contributed by atoms with Crippen molar-refractivity contribution in [2.45, 2.75) is 51.1 Å². The monoisotopic (exact) mass is 523 g/mol. The number of benzene rings is 3. The molecule has 2 fully saturated rings. The van der Waals surface area contributed by atoms with Gasteiger partial charge in [0.15, 0.2) is 11.5 Å². The van der Waals surface area contributed by atoms with Gasteiger partial charge in [-0.3, -0.25) is 4.90 Å². The maximum atomic E-state index is 5.55. The summed E-state index contributed by atoms with van der Waals surface area (Å²) in [5.41, 5.74) is 7.67. The first kappa shape index (κ1) is 26.0. The smallest absolute Gasteiger partial charge is 0.161 e. The molecule has 3 heterocycles. The molecule has 2 aliphatic heterocycles. The Labute approximate surface area is 232 Å². The number of likely N-dealkylation sites (tertiary alicyclic amines) is 2. The molecule has 2 saturated heterocycles. The number of hydrogen-bond acceptors (Lipinski definition) is 4. The minimum atomic E-state index is 0.641. The number of nitrogens with zero attached hydrogens (tertiary/aromatic N) is 2. The number of aryl methyl sites for hydroxylation is 1. The SMILES string of the molecule is COc1ccc(-c2[nH]c3ccc(C4CCN(C5CCN(Cc6ccccc6)CC5)CC4)cc3c2C)cc1OC. The lowest BCUT2D eigenvalue weighted by atomic mass is 9.87. The summed E-state index contributed by atoms with van der Waals surface area (Å²) in [6, 6.07) is 24.8. The van der Waals surface area contributed by atoms with Crippen LogP contribution in [0.3, 0.4) is 0 Å². The predicted octanol–water partition coefficient (Wildman–Crippen LogP) is 7.00. The fraction of sp³-hybridized carbons (Fsp3) is 0.412. The van der Waals surface area contributed by atoms with Gasteiger partial charge in [0.05, 0.1) is 14.2 Å². The lowest BCUT2D eigenvalue weighted by molar-refractivity contribution is 0.0846. The van der Waals surface area contributed by atoms with E-state index in [0.717, 1.165) is 35.3 Å². The first-order valence-electron chi connectivity index (χ1n) is 14.5. The van der Waals surface area contributed by atoms with Crippen LogP contribution in [0.4, 0.5) is 0 Å². The third-order valence-corrected chi connectivity index (χ3v) is 9.08. The van der Waals surface area contributed by atoms with Gasteiger partial charge in [0, 0.05) is 34.7 Å². The van der Waals surface area contributed by atoms with Gasteiger partial charge in [-0.05, 0) is 112 Å². The third kappa shape index (κ3) is 5.43. The van der Waals surface area contributed by atoms with Crippen LogP contribution >= 0.6 is 0 Å². The van der Waals surface area contributed by atoms with E-state index in [1.807, 2.05) is 6.07 Å². The number of H-pyrrole nitrogens is 1. The quantitative estimate of drug-likeness (QED) is 0.283. The zero-order valence-electron chi connectivity index (χ0n) is 23.6. The lowest BCUT2D eigenvalue weighted by Crippen LogP contribution is -2.47. The molecule has 2 aliphatic rings. The Hall–Kier alpha value is -3.28. The van der Waals surface area contributed by atoms with Crippen molar-refractivity contribution >= 4 is 10.9 Å². The second-order valence-electron chi connectivity index (χ2n) is 11.3. The Kier molecular flexibility index (Phi) is 7.62. The highest BCUT2D eigenvalue weighted by Crippen LogP contribution is 2.38. The number of fused-ring (bicyclic) bond motifs is 1. The molecule has 0 atom stereocenters. The van der Waals surface area contributed by atoms with E-state index in [4.69, 9.17) is 9.47 Å². The molecular formula is C34H41N3O2. The highest BCUT2D eigenvalue weighted by molar-refractivity contribution is 5.91. The molecule has 5 heteroatoms. The van der Waals surface area contributed by atoms with E-state index in [-0.39, 0.29) is 0 Å². The van der Waals surface area contributed by atoms with Crippen LogP contribution in [0, 0.1) is 6.92 Å². The maximum absolute atomic E-state index is 5.55. The van der Waals surface area contributed by atoms with Crippen molar-refractivity contribution in [3.63, 3.8) is 0 Å². The first-order valence-corrected chi connectivity index (χ1v) is 14.5. The molecule has 0 radical (unpaired) electrons. The van der Waals surface area contributed by atoms with E-state index in [1.54, 1.807) is 14.2 Å². The summed E-state index contributed by atoms with van der Waals surface area (Å²) in [5, 5.41) is 1.32. The Balaban J connectivity index is 1.09. The van der Waals surface area contributed by atoms with Crippen LogP contribution < -0.4 is 9.47 Å². The topological polar surface area (TPSA) is 40.7 Å². The molecule has 0 unspecified atom stereocenters. The van der Waals surface area contributed by atoms with Crippen LogP contribution in [-0.4, -0.2) is 61.2 Å². The normalized spacial score (nSPS) is 18.0. The molecule has 1 aromatic heterocycles. The summed E-state index contributed by atoms with van der Waals surface area (Å²) in [6.07, 6.45) is 5.10. The molecule has 204 valence electrons. The van der Waals surface area contributed by atoms with Crippen LogP contribution in [0.2, 0.25) is 0 Å². The number of rotatable bonds is 7. The number of hydrogen-bond donors (Lipinski definition) is 1. The van der Waals surface area contributed by atoms with E-state index in [0.29, 0.717) is 5.92 Å². The largest absolute Gasteiger partial charge is 0.493 e. The molecule has 4 aromatic rings. The molecule has 6 rings (SSSR count). The van der Waals surface area contributed by atoms with Crippen LogP contribution in [0.5, 0.6) is 11.5 Å². The van der Waals surface area contributed by atoms with Crippen molar-refractivity contribution in [3.05, 3.63) is 83.4 Å². The van der Waals surface area contributed by atoms with Gasteiger partial charge in [-0.15, -0.1) is 0 Å². The van der Waals surface area contributed by atoms with Gasteiger partial charge < -0.3 is 19.4 Å². The van der Waals surface area contributed by atoms with Crippen molar-refractivity contribution < 1.29 is 9.47 Å². The average Bonchev–Trinajstić information content (AvgIpc) is 3.33. The second kappa shape index (κ2) is 11.4. The lowest BCUT2D eigenvalue weighted by Gasteiger charge is -2.42. The van der Waals surface area contributed by atoms with E-state index in [9.17, 15) is 0 Å². The molecule has 0 spiro atoms. The minimum absolute atomic E-state index is 0.641. The third-order valence-electron chi connectivity index (χ3n) is 9.08. The summed E-state index contributed by atoms with van der Waals surface area (Å²) in [7, 11) is 3.36. The molecule has 0 bridgehead atoms. The molecule has 1 N–H and O–H groups in total. The standard InChI is InChI=1S/C34H41N3O2/c1-24-30-21-27(9-11-31(30)35-34(24)28-10-12-32(38-2)33(22-28)39-3)26-13-19-37(20-14-26)29-15-17-36(18-16-29)23-25-7-5-4-6-8-25/h4-12,21-22,26,29,35H,13-20,23H2,1-3H3. The van der Waals surface area contributed by atoms with E-state index in [2.05, 4.69) is 82.4 Å². The second-order valence-corrected chi connectivity index (χ2v) is 11.3. The van der Waals surface area contributed by atoms with E-state index >= 15 is 0 Å². The summed E-state index contributed by atoms with van der Waals surface area (Å²) >= 11 is 0. The van der Waals surface area contributed by atoms with E-state index < -0.39 is 0 Å². The van der Waals surface area contributed by atoms with Crippen molar-refractivity contribution in [1.29, 1.82) is 0 Å². The van der Waals surface area contributed by atoms with Gasteiger partial charge in [0.1, 0.15) is 0 Å². The zero-order chi connectivity index (χ0) is 26.8. The number of aromatic nitrogens is 1. The zero-order valence-corrected chi connectivity index (χ0v) is 23.6. The average molecular weight is 524 g/mol. The summed E-state index contributed by atoms with van der Waals surface area (Å²) < 4.78 is 11.0. The number of piperidine rings is 2. The molecule has 39 heavy (non-hydrogen) atoms. The molecule has 5 nitrogen and oxygen atoms in total. The van der Waals surface area contributed by atoms with Crippen LogP contribution in [-0.2, 0) is 6.54 Å². The van der Waals surface area contributed by atoms with Gasteiger partial charge in [-0.1, -0.05) is 36.4 Å². The van der Waals surface area contributed by atoms with Crippen molar-refractivity contribution in [1.82, 2.24) is 14.8 Å². The summed E-state index contributed by atoms with van der Waals surface area (Å²) in [6.45, 7) is 8.17. The Bertz CT molecular complexity index is 1400. The van der Waals surface area contributed by atoms with Gasteiger partial charge >= 0.3 is 0 Å². The van der Waals surface area contributed by atoms with Crippen molar-refractivity contribution in [2.75, 3.05) is 40.4 Å². The molecule has 0 saturated carbocycles. The fourth-order valence-electron chi connectivity index (χ4n) is 6.76. The number of methoxy groups -OCH3 is 2. The predicted molar refractivity (Wildman–Crippen MR) is 160 cm³/mol. The molecule has 3 aromatic carbocycles.